The van der Waals surface area contributed by atoms with Crippen LogP contribution in [-0.4, -0.2) is 36.1 Å². The molecule has 0 spiro atoms. The molecule has 2 heterocycles. The quantitative estimate of drug-likeness (QED) is 0.902. The number of benzene rings is 2. The van der Waals surface area contributed by atoms with Crippen molar-refractivity contribution in [3.05, 3.63) is 71.0 Å². The third-order valence-corrected chi connectivity index (χ3v) is 5.35. The number of ether oxygens (including phenoxy) is 1. The highest BCUT2D eigenvalue weighted by atomic mass is 19.1. The minimum atomic E-state index is -0.494. The SMILES string of the molecule is N[C@H]1CCO[C@H](C(=O)N2CCc3ccccc3[C@@H]2c2ccc(F)cc2)C1. The van der Waals surface area contributed by atoms with Gasteiger partial charge in [0.05, 0.1) is 6.04 Å². The number of carbonyl (C=O) groups excluding carboxylic acids is 1. The fourth-order valence-corrected chi connectivity index (χ4v) is 3.99. The second-order valence-corrected chi connectivity index (χ2v) is 7.08. The molecule has 4 rings (SSSR count). The van der Waals surface area contributed by atoms with Crippen LogP contribution in [0.5, 0.6) is 0 Å². The van der Waals surface area contributed by atoms with Gasteiger partial charge in [-0.05, 0) is 48.1 Å². The van der Waals surface area contributed by atoms with Crippen molar-refractivity contribution in [2.24, 2.45) is 5.73 Å². The van der Waals surface area contributed by atoms with E-state index in [4.69, 9.17) is 10.5 Å². The van der Waals surface area contributed by atoms with Crippen LogP contribution in [0.15, 0.2) is 48.5 Å². The lowest BCUT2D eigenvalue weighted by atomic mass is 9.87. The van der Waals surface area contributed by atoms with E-state index in [9.17, 15) is 9.18 Å². The van der Waals surface area contributed by atoms with Crippen LogP contribution in [0.25, 0.3) is 0 Å². The number of carbonyl (C=O) groups is 1. The van der Waals surface area contributed by atoms with Crippen molar-refractivity contribution in [3.8, 4) is 0 Å². The van der Waals surface area contributed by atoms with Crippen molar-refractivity contribution in [2.45, 2.75) is 37.5 Å². The van der Waals surface area contributed by atoms with Crippen molar-refractivity contribution < 1.29 is 13.9 Å². The molecule has 136 valence electrons. The first kappa shape index (κ1) is 17.2. The summed E-state index contributed by atoms with van der Waals surface area (Å²) in [5.41, 5.74) is 9.27. The molecule has 26 heavy (non-hydrogen) atoms. The molecule has 5 heteroatoms. The average molecular weight is 354 g/mol. The third kappa shape index (κ3) is 3.24. The molecule has 0 radical (unpaired) electrons. The first-order chi connectivity index (χ1) is 12.6. The van der Waals surface area contributed by atoms with Gasteiger partial charge in [-0.1, -0.05) is 36.4 Å². The van der Waals surface area contributed by atoms with E-state index in [2.05, 4.69) is 12.1 Å². The van der Waals surface area contributed by atoms with Gasteiger partial charge in [-0.15, -0.1) is 0 Å². The van der Waals surface area contributed by atoms with Gasteiger partial charge in [0, 0.05) is 19.2 Å². The number of rotatable bonds is 2. The number of hydrogen-bond donors (Lipinski definition) is 1. The Balaban J connectivity index is 1.71. The van der Waals surface area contributed by atoms with Crippen molar-refractivity contribution in [3.63, 3.8) is 0 Å². The second-order valence-electron chi connectivity index (χ2n) is 7.08. The van der Waals surface area contributed by atoms with Crippen LogP contribution in [0, 0.1) is 5.82 Å². The molecule has 2 aromatic carbocycles. The Labute approximate surface area is 152 Å². The topological polar surface area (TPSA) is 55.6 Å². The maximum atomic E-state index is 13.4. The number of nitrogens with zero attached hydrogens (tertiary/aromatic N) is 1. The highest BCUT2D eigenvalue weighted by Crippen LogP contribution is 2.36. The summed E-state index contributed by atoms with van der Waals surface area (Å²) >= 11 is 0. The van der Waals surface area contributed by atoms with Gasteiger partial charge in [0.15, 0.2) is 0 Å². The predicted molar refractivity (Wildman–Crippen MR) is 97.1 cm³/mol. The fourth-order valence-electron chi connectivity index (χ4n) is 3.99. The molecule has 2 aliphatic heterocycles. The zero-order valence-electron chi connectivity index (χ0n) is 14.6. The Morgan fingerprint density at radius 1 is 1.15 bits per heavy atom. The van der Waals surface area contributed by atoms with Crippen LogP contribution >= 0.6 is 0 Å². The van der Waals surface area contributed by atoms with Crippen LogP contribution < -0.4 is 5.73 Å². The first-order valence-electron chi connectivity index (χ1n) is 9.14. The molecule has 4 nitrogen and oxygen atoms in total. The van der Waals surface area contributed by atoms with Gasteiger partial charge in [0.2, 0.25) is 0 Å². The summed E-state index contributed by atoms with van der Waals surface area (Å²) in [5, 5.41) is 0. The Morgan fingerprint density at radius 2 is 1.92 bits per heavy atom. The Hall–Kier alpha value is -2.24. The molecule has 1 amide bonds. The average Bonchev–Trinajstić information content (AvgIpc) is 2.67. The summed E-state index contributed by atoms with van der Waals surface area (Å²) in [6.07, 6.45) is 1.64. The molecular weight excluding hydrogens is 331 g/mol. The molecule has 3 atom stereocenters. The second kappa shape index (κ2) is 7.17. The van der Waals surface area contributed by atoms with E-state index in [-0.39, 0.29) is 23.8 Å². The molecule has 0 bridgehead atoms. The third-order valence-electron chi connectivity index (χ3n) is 5.35. The van der Waals surface area contributed by atoms with E-state index in [0.29, 0.717) is 19.6 Å². The lowest BCUT2D eigenvalue weighted by molar-refractivity contribution is -0.149. The number of amides is 1. The molecule has 1 saturated heterocycles. The maximum Gasteiger partial charge on any atom is 0.252 e. The normalized spacial score (nSPS) is 25.6. The van der Waals surface area contributed by atoms with Gasteiger partial charge >= 0.3 is 0 Å². The summed E-state index contributed by atoms with van der Waals surface area (Å²) in [6.45, 7) is 1.14. The molecule has 2 aromatic rings. The molecule has 1 fully saturated rings. The zero-order chi connectivity index (χ0) is 18.1. The van der Waals surface area contributed by atoms with Gasteiger partial charge in [0.25, 0.3) is 5.91 Å². The van der Waals surface area contributed by atoms with Crippen molar-refractivity contribution >= 4 is 5.91 Å². The first-order valence-corrected chi connectivity index (χ1v) is 9.14. The monoisotopic (exact) mass is 354 g/mol. The lowest BCUT2D eigenvalue weighted by Crippen LogP contribution is -2.49. The van der Waals surface area contributed by atoms with E-state index in [1.54, 1.807) is 12.1 Å². The zero-order valence-corrected chi connectivity index (χ0v) is 14.6. The predicted octanol–water partition coefficient (Wildman–Crippen LogP) is 2.81. The molecular formula is C21H23FN2O2. The number of halogens is 1. The van der Waals surface area contributed by atoms with Gasteiger partial charge in [-0.2, -0.15) is 0 Å². The maximum absolute atomic E-state index is 13.4. The number of nitrogens with two attached hydrogens (primary N) is 1. The lowest BCUT2D eigenvalue weighted by Gasteiger charge is -2.40. The Morgan fingerprint density at radius 3 is 2.69 bits per heavy atom. The van der Waals surface area contributed by atoms with Gasteiger partial charge in [0.1, 0.15) is 11.9 Å². The molecule has 0 aliphatic carbocycles. The van der Waals surface area contributed by atoms with Crippen LogP contribution in [0.2, 0.25) is 0 Å². The van der Waals surface area contributed by atoms with Crippen molar-refractivity contribution in [1.29, 1.82) is 0 Å². The summed E-state index contributed by atoms with van der Waals surface area (Å²) in [4.78, 5) is 15.1. The summed E-state index contributed by atoms with van der Waals surface area (Å²) in [7, 11) is 0. The van der Waals surface area contributed by atoms with E-state index < -0.39 is 6.10 Å². The smallest absolute Gasteiger partial charge is 0.252 e. The van der Waals surface area contributed by atoms with E-state index in [1.165, 1.54) is 17.7 Å². The number of fused-ring (bicyclic) bond motifs is 1. The minimum Gasteiger partial charge on any atom is -0.368 e. The Kier molecular flexibility index (Phi) is 4.74. The largest absolute Gasteiger partial charge is 0.368 e. The van der Waals surface area contributed by atoms with E-state index in [0.717, 1.165) is 24.0 Å². The summed E-state index contributed by atoms with van der Waals surface area (Å²) in [6, 6.07) is 14.3. The highest BCUT2D eigenvalue weighted by Gasteiger charge is 2.37. The van der Waals surface area contributed by atoms with Gasteiger partial charge < -0.3 is 15.4 Å². The summed E-state index contributed by atoms with van der Waals surface area (Å²) < 4.78 is 19.1. The van der Waals surface area contributed by atoms with Crippen molar-refractivity contribution in [1.82, 2.24) is 4.90 Å². The molecule has 0 unspecified atom stereocenters. The van der Waals surface area contributed by atoms with Crippen LogP contribution in [0.4, 0.5) is 4.39 Å². The highest BCUT2D eigenvalue weighted by molar-refractivity contribution is 5.82. The molecule has 2 N–H and O–H groups in total. The molecule has 2 aliphatic rings. The summed E-state index contributed by atoms with van der Waals surface area (Å²) in [5.74, 6) is -0.304. The van der Waals surface area contributed by atoms with Gasteiger partial charge in [-0.3, -0.25) is 4.79 Å². The standard InChI is InChI=1S/C21H23FN2O2/c22-16-7-5-15(6-8-16)20-18-4-2-1-3-14(18)9-11-24(20)21(25)19-13-17(23)10-12-26-19/h1-8,17,19-20H,9-13,23H2/t17-,19-,20-/m0/s1. The molecule has 0 aromatic heterocycles. The fraction of sp³-hybridized carbons (Fsp3) is 0.381. The van der Waals surface area contributed by atoms with E-state index in [1.807, 2.05) is 17.0 Å². The van der Waals surface area contributed by atoms with Crippen molar-refractivity contribution in [2.75, 3.05) is 13.2 Å². The van der Waals surface area contributed by atoms with Crippen LogP contribution in [0.1, 0.15) is 35.6 Å². The number of hydrogen-bond acceptors (Lipinski definition) is 3. The van der Waals surface area contributed by atoms with Crippen LogP contribution in [-0.2, 0) is 16.0 Å². The molecule has 0 saturated carbocycles. The van der Waals surface area contributed by atoms with Crippen LogP contribution in [0.3, 0.4) is 0 Å². The van der Waals surface area contributed by atoms with E-state index >= 15 is 0 Å². The minimum absolute atomic E-state index is 0.000882. The Bertz CT molecular complexity index is 793. The van der Waals surface area contributed by atoms with Gasteiger partial charge in [-0.25, -0.2) is 4.39 Å².